The van der Waals surface area contributed by atoms with Gasteiger partial charge in [-0.1, -0.05) is 65.0 Å². The number of rotatable bonds is 10. The predicted octanol–water partition coefficient (Wildman–Crippen LogP) is 15.4. The minimum absolute atomic E-state index is 0.00822. The molecule has 350 valence electrons. The number of benzene rings is 2. The van der Waals surface area contributed by atoms with Gasteiger partial charge in [0.25, 0.3) is 0 Å². The van der Waals surface area contributed by atoms with E-state index < -0.39 is 0 Å². The fourth-order valence-corrected chi connectivity index (χ4v) is 17.8. The Labute approximate surface area is 403 Å². The summed E-state index contributed by atoms with van der Waals surface area (Å²) in [6, 6.07) is 17.5. The van der Waals surface area contributed by atoms with Crippen LogP contribution in [0.25, 0.3) is 0 Å². The zero-order chi connectivity index (χ0) is 44.0. The molecular formula is C57H79Br2NO4. The lowest BCUT2D eigenvalue weighted by Crippen LogP contribution is -2.61. The fourth-order valence-electron chi connectivity index (χ4n) is 17.2. The number of hydrogen-bond donors (Lipinski definition) is 0. The zero-order valence-electron chi connectivity index (χ0n) is 39.3. The SMILES string of the molecule is CC1CCC(N(C2CCC(C(C)(C3CCC(OC(=O)c4ccc(Br)cc4)CC3)C3CCC(OC(=O)c4ccc(Br)cc4)CC3)CC2)C2CCC3CCC4CCCC5CCC2C3C45)CC1. The number of hydrogen-bond acceptors (Lipinski definition) is 5. The minimum Gasteiger partial charge on any atom is -0.459 e. The van der Waals surface area contributed by atoms with Crippen LogP contribution in [-0.4, -0.2) is 47.2 Å². The molecule has 10 rings (SSSR count). The first-order valence-corrected chi connectivity index (χ1v) is 28.4. The van der Waals surface area contributed by atoms with Crippen LogP contribution in [0, 0.1) is 64.6 Å². The van der Waals surface area contributed by atoms with E-state index in [0.29, 0.717) is 28.9 Å². The highest BCUT2D eigenvalue weighted by Gasteiger charge is 2.56. The topological polar surface area (TPSA) is 55.8 Å². The summed E-state index contributed by atoms with van der Waals surface area (Å²) in [5.74, 6) is 8.61. The van der Waals surface area contributed by atoms with Crippen molar-refractivity contribution in [2.45, 2.75) is 205 Å². The summed E-state index contributed by atoms with van der Waals surface area (Å²) in [6.45, 7) is 5.24. The third kappa shape index (κ3) is 9.51. The zero-order valence-corrected chi connectivity index (χ0v) is 42.5. The van der Waals surface area contributed by atoms with Crippen LogP contribution in [0.1, 0.15) is 195 Å². The molecule has 0 radical (unpaired) electrons. The van der Waals surface area contributed by atoms with Crippen molar-refractivity contribution < 1.29 is 19.1 Å². The summed E-state index contributed by atoms with van der Waals surface area (Å²) in [5, 5.41) is 0. The molecule has 0 aromatic heterocycles. The molecule has 8 aliphatic rings. The smallest absolute Gasteiger partial charge is 0.338 e. The van der Waals surface area contributed by atoms with Gasteiger partial charge >= 0.3 is 11.9 Å². The molecule has 2 aromatic carbocycles. The first-order valence-electron chi connectivity index (χ1n) is 26.8. The summed E-state index contributed by atoms with van der Waals surface area (Å²) in [7, 11) is 0. The van der Waals surface area contributed by atoms with Gasteiger partial charge in [-0.05, 0) is 254 Å². The fraction of sp³-hybridized carbons (Fsp3) is 0.754. The summed E-state index contributed by atoms with van der Waals surface area (Å²) >= 11 is 7.02. The van der Waals surface area contributed by atoms with Crippen molar-refractivity contribution in [2.24, 2.45) is 64.6 Å². The van der Waals surface area contributed by atoms with Crippen LogP contribution in [0.2, 0.25) is 0 Å². The molecule has 7 heteroatoms. The number of halogens is 2. The number of nitrogens with zero attached hydrogens (tertiary/aromatic N) is 1. The molecule has 64 heavy (non-hydrogen) atoms. The maximum atomic E-state index is 13.2. The van der Waals surface area contributed by atoms with Crippen LogP contribution in [0.15, 0.2) is 57.5 Å². The van der Waals surface area contributed by atoms with Crippen LogP contribution in [-0.2, 0) is 9.47 Å². The molecule has 8 fully saturated rings. The van der Waals surface area contributed by atoms with E-state index in [-0.39, 0.29) is 29.6 Å². The molecule has 8 aliphatic carbocycles. The van der Waals surface area contributed by atoms with Crippen molar-refractivity contribution in [3.05, 3.63) is 68.6 Å². The molecule has 5 nitrogen and oxygen atoms in total. The van der Waals surface area contributed by atoms with Crippen LogP contribution < -0.4 is 0 Å². The van der Waals surface area contributed by atoms with Crippen LogP contribution in [0.5, 0.6) is 0 Å². The van der Waals surface area contributed by atoms with Gasteiger partial charge in [-0.25, -0.2) is 9.59 Å². The number of ether oxygens (including phenoxy) is 2. The Balaban J connectivity index is 0.853. The molecule has 7 atom stereocenters. The van der Waals surface area contributed by atoms with E-state index in [2.05, 4.69) is 50.6 Å². The van der Waals surface area contributed by atoms with Gasteiger partial charge in [-0.3, -0.25) is 4.90 Å². The van der Waals surface area contributed by atoms with Gasteiger partial charge < -0.3 is 9.47 Å². The van der Waals surface area contributed by atoms with Gasteiger partial charge in [0.15, 0.2) is 0 Å². The Morgan fingerprint density at radius 3 is 1.39 bits per heavy atom. The van der Waals surface area contributed by atoms with Crippen LogP contribution >= 0.6 is 31.9 Å². The normalized spacial score (nSPS) is 39.8. The highest BCUT2D eigenvalue weighted by atomic mass is 79.9. The number of carbonyl (C=O) groups excluding carboxylic acids is 2. The highest BCUT2D eigenvalue weighted by Crippen LogP contribution is 2.62. The van der Waals surface area contributed by atoms with Crippen LogP contribution in [0.3, 0.4) is 0 Å². The van der Waals surface area contributed by atoms with Crippen molar-refractivity contribution in [3.63, 3.8) is 0 Å². The Morgan fingerprint density at radius 1 is 0.500 bits per heavy atom. The first-order chi connectivity index (χ1) is 31.1. The molecular weight excluding hydrogens is 922 g/mol. The average molecular weight is 1000 g/mol. The van der Waals surface area contributed by atoms with Crippen molar-refractivity contribution in [1.29, 1.82) is 0 Å². The van der Waals surface area contributed by atoms with Crippen molar-refractivity contribution >= 4 is 43.8 Å². The third-order valence-corrected chi connectivity index (χ3v) is 21.5. The van der Waals surface area contributed by atoms with Gasteiger partial charge in [0.1, 0.15) is 12.2 Å². The summed E-state index contributed by atoms with van der Waals surface area (Å²) in [4.78, 5) is 29.8. The van der Waals surface area contributed by atoms with E-state index in [1.165, 1.54) is 103 Å². The Kier molecular flexibility index (Phi) is 14.5. The number of carbonyl (C=O) groups is 2. The van der Waals surface area contributed by atoms with Gasteiger partial charge in [0, 0.05) is 27.1 Å². The third-order valence-electron chi connectivity index (χ3n) is 20.4. The van der Waals surface area contributed by atoms with E-state index in [4.69, 9.17) is 9.47 Å². The average Bonchev–Trinajstić information content (AvgIpc) is 3.32. The Hall–Kier alpha value is -1.70. The summed E-state index contributed by atoms with van der Waals surface area (Å²) < 4.78 is 14.3. The molecule has 0 aliphatic heterocycles. The van der Waals surface area contributed by atoms with Crippen molar-refractivity contribution in [2.75, 3.05) is 0 Å². The largest absolute Gasteiger partial charge is 0.459 e. The van der Waals surface area contributed by atoms with Crippen molar-refractivity contribution in [1.82, 2.24) is 4.90 Å². The molecule has 0 spiro atoms. The predicted molar refractivity (Wildman–Crippen MR) is 264 cm³/mol. The van der Waals surface area contributed by atoms with E-state index in [9.17, 15) is 9.59 Å². The number of esters is 2. The Morgan fingerprint density at radius 2 is 0.906 bits per heavy atom. The van der Waals surface area contributed by atoms with E-state index in [1.807, 2.05) is 48.5 Å². The molecule has 0 N–H and O–H groups in total. The first kappa shape index (κ1) is 46.1. The Bertz CT molecular complexity index is 1780. The minimum atomic E-state index is -0.186. The lowest BCUT2D eigenvalue weighted by molar-refractivity contribution is -0.128. The standard InChI is InChI=1S/C57H79Br2NO4/c1-36-6-26-47(27-7-36)60(52-35-15-39-9-8-37-4-3-5-38-14-34-51(52)54(39)53(37)38)48-28-16-42(17-29-48)57(2,43-18-30-49(31-19-43)63-55(61)40-10-22-45(58)23-11-40)44-20-32-50(33-21-44)64-56(62)41-12-24-46(59)25-13-41/h10-13,22-25,36-39,42-44,47-54H,3-9,14-21,26-35H2,1-2H3. The van der Waals surface area contributed by atoms with Gasteiger partial charge in [-0.2, -0.15) is 0 Å². The molecule has 0 saturated heterocycles. The molecule has 2 aromatic rings. The van der Waals surface area contributed by atoms with Crippen LogP contribution in [0.4, 0.5) is 0 Å². The monoisotopic (exact) mass is 999 g/mol. The van der Waals surface area contributed by atoms with E-state index >= 15 is 0 Å². The molecule has 0 amide bonds. The van der Waals surface area contributed by atoms with E-state index in [0.717, 1.165) is 120 Å². The molecule has 8 saturated carbocycles. The quantitative estimate of drug-likeness (QED) is 0.222. The maximum Gasteiger partial charge on any atom is 0.338 e. The molecule has 0 bridgehead atoms. The maximum absolute atomic E-state index is 13.2. The van der Waals surface area contributed by atoms with Gasteiger partial charge in [0.2, 0.25) is 0 Å². The highest BCUT2D eigenvalue weighted by molar-refractivity contribution is 9.10. The second kappa shape index (κ2) is 20.1. The molecule has 7 unspecified atom stereocenters. The second-order valence-electron chi connectivity index (χ2n) is 23.3. The van der Waals surface area contributed by atoms with E-state index in [1.54, 1.807) is 6.42 Å². The second-order valence-corrected chi connectivity index (χ2v) is 25.2. The lowest BCUT2D eigenvalue weighted by atomic mass is 9.47. The van der Waals surface area contributed by atoms with Gasteiger partial charge in [0.05, 0.1) is 11.1 Å². The summed E-state index contributed by atoms with van der Waals surface area (Å²) in [6.07, 6.45) is 33.2. The van der Waals surface area contributed by atoms with Gasteiger partial charge in [-0.15, -0.1) is 0 Å². The van der Waals surface area contributed by atoms with Crippen molar-refractivity contribution in [3.8, 4) is 0 Å². The lowest BCUT2D eigenvalue weighted by Gasteiger charge is -2.62. The molecule has 0 heterocycles. The summed E-state index contributed by atoms with van der Waals surface area (Å²) in [5.41, 5.74) is 1.50.